The van der Waals surface area contributed by atoms with E-state index in [9.17, 15) is 9.59 Å². The molecule has 2 aliphatic rings. The fraction of sp³-hybridized carbons (Fsp3) is 0.290. The summed E-state index contributed by atoms with van der Waals surface area (Å²) >= 11 is 0. The minimum absolute atomic E-state index is 0.0246. The normalized spacial score (nSPS) is 16.6. The number of hydrogen-bond acceptors (Lipinski definition) is 4. The van der Waals surface area contributed by atoms with Crippen molar-refractivity contribution in [1.82, 2.24) is 4.90 Å². The van der Waals surface area contributed by atoms with Crippen LogP contribution in [0.4, 0.5) is 0 Å². The molecular formula is C31H31NO4. The third-order valence-electron chi connectivity index (χ3n) is 7.06. The minimum atomic E-state index is -0.514. The molecule has 3 aromatic rings. The van der Waals surface area contributed by atoms with E-state index in [0.717, 1.165) is 28.0 Å². The van der Waals surface area contributed by atoms with Crippen LogP contribution in [0.5, 0.6) is 11.5 Å². The second-order valence-corrected chi connectivity index (χ2v) is 9.84. The molecule has 0 aliphatic carbocycles. The number of piperidine rings is 1. The molecule has 5 heteroatoms. The van der Waals surface area contributed by atoms with Gasteiger partial charge in [0.1, 0.15) is 23.7 Å². The van der Waals surface area contributed by atoms with Crippen molar-refractivity contribution in [3.05, 3.63) is 101 Å². The molecule has 3 aromatic carbocycles. The molecule has 0 unspecified atom stereocenters. The van der Waals surface area contributed by atoms with Gasteiger partial charge in [-0.25, -0.2) is 0 Å². The van der Waals surface area contributed by atoms with Crippen LogP contribution in [-0.2, 0) is 11.4 Å². The summed E-state index contributed by atoms with van der Waals surface area (Å²) in [6, 6.07) is 21.7. The highest BCUT2D eigenvalue weighted by Gasteiger charge is 2.44. The first-order valence-electron chi connectivity index (χ1n) is 12.5. The Morgan fingerprint density at radius 1 is 1.03 bits per heavy atom. The van der Waals surface area contributed by atoms with Crippen LogP contribution in [0.2, 0.25) is 0 Å². The van der Waals surface area contributed by atoms with Gasteiger partial charge < -0.3 is 14.4 Å². The molecule has 184 valence electrons. The zero-order chi connectivity index (χ0) is 25.1. The molecule has 1 fully saturated rings. The zero-order valence-electron chi connectivity index (χ0n) is 20.8. The third-order valence-corrected chi connectivity index (χ3v) is 7.06. The lowest BCUT2D eigenvalue weighted by atomic mass is 9.81. The lowest BCUT2D eigenvalue weighted by Gasteiger charge is -2.44. The minimum Gasteiger partial charge on any atom is -0.489 e. The van der Waals surface area contributed by atoms with E-state index in [0.29, 0.717) is 50.3 Å². The molecule has 5 rings (SSSR count). The number of nitrogens with zero attached hydrogens (tertiary/aromatic N) is 1. The molecular weight excluding hydrogens is 450 g/mol. The van der Waals surface area contributed by atoms with E-state index in [1.807, 2.05) is 91.6 Å². The summed E-state index contributed by atoms with van der Waals surface area (Å²) in [6.45, 7) is 5.64. The van der Waals surface area contributed by atoms with Crippen LogP contribution in [-0.4, -0.2) is 35.3 Å². The van der Waals surface area contributed by atoms with E-state index in [1.54, 1.807) is 6.08 Å². The maximum atomic E-state index is 12.9. The molecule has 2 heterocycles. The summed E-state index contributed by atoms with van der Waals surface area (Å²) in [6.07, 6.45) is 5.12. The van der Waals surface area contributed by atoms with E-state index < -0.39 is 5.60 Å². The van der Waals surface area contributed by atoms with Crippen molar-refractivity contribution in [2.45, 2.75) is 45.3 Å². The first-order valence-corrected chi connectivity index (χ1v) is 12.5. The van der Waals surface area contributed by atoms with Crippen LogP contribution in [0, 0.1) is 13.8 Å². The van der Waals surface area contributed by atoms with Gasteiger partial charge >= 0.3 is 0 Å². The number of ketones is 1. The Bertz CT molecular complexity index is 1290. The van der Waals surface area contributed by atoms with Crippen molar-refractivity contribution >= 4 is 17.8 Å². The van der Waals surface area contributed by atoms with Crippen LogP contribution in [0.3, 0.4) is 0 Å². The summed E-state index contributed by atoms with van der Waals surface area (Å²) in [7, 11) is 0. The van der Waals surface area contributed by atoms with Crippen molar-refractivity contribution in [2.75, 3.05) is 13.1 Å². The number of benzene rings is 3. The van der Waals surface area contributed by atoms with Gasteiger partial charge in [-0.3, -0.25) is 9.59 Å². The monoisotopic (exact) mass is 481 g/mol. The number of carbonyl (C=O) groups is 2. The summed E-state index contributed by atoms with van der Waals surface area (Å²) in [5.74, 6) is 1.60. The lowest BCUT2D eigenvalue weighted by molar-refractivity contribution is -0.129. The molecule has 1 saturated heterocycles. The van der Waals surface area contributed by atoms with Crippen LogP contribution in [0.1, 0.15) is 51.9 Å². The predicted octanol–water partition coefficient (Wildman–Crippen LogP) is 5.92. The quantitative estimate of drug-likeness (QED) is 0.425. The zero-order valence-corrected chi connectivity index (χ0v) is 20.8. The smallest absolute Gasteiger partial charge is 0.246 e. The highest BCUT2D eigenvalue weighted by molar-refractivity contribution is 6.02. The number of rotatable bonds is 5. The topological polar surface area (TPSA) is 55.8 Å². The van der Waals surface area contributed by atoms with Crippen LogP contribution in [0.15, 0.2) is 72.8 Å². The van der Waals surface area contributed by atoms with Gasteiger partial charge in [-0.2, -0.15) is 0 Å². The van der Waals surface area contributed by atoms with Gasteiger partial charge in [-0.1, -0.05) is 48.5 Å². The third kappa shape index (κ3) is 5.20. The van der Waals surface area contributed by atoms with Gasteiger partial charge in [0.15, 0.2) is 5.78 Å². The largest absolute Gasteiger partial charge is 0.489 e. The number of likely N-dealkylation sites (tertiary alicyclic amines) is 1. The predicted molar refractivity (Wildman–Crippen MR) is 140 cm³/mol. The van der Waals surface area contributed by atoms with Gasteiger partial charge in [-0.15, -0.1) is 0 Å². The average Bonchev–Trinajstić information content (AvgIpc) is 2.87. The Morgan fingerprint density at radius 3 is 2.47 bits per heavy atom. The summed E-state index contributed by atoms with van der Waals surface area (Å²) in [5.41, 5.74) is 4.31. The molecule has 0 N–H and O–H groups in total. The number of fused-ring (bicyclic) bond motifs is 1. The molecule has 36 heavy (non-hydrogen) atoms. The van der Waals surface area contributed by atoms with Crippen molar-refractivity contribution < 1.29 is 19.1 Å². The van der Waals surface area contributed by atoms with Crippen molar-refractivity contribution in [1.29, 1.82) is 0 Å². The highest BCUT2D eigenvalue weighted by atomic mass is 16.5. The number of aryl methyl sites for hydroxylation is 2. The first-order chi connectivity index (χ1) is 17.4. The van der Waals surface area contributed by atoms with E-state index in [-0.39, 0.29) is 11.7 Å². The fourth-order valence-electron chi connectivity index (χ4n) is 5.12. The highest BCUT2D eigenvalue weighted by Crippen LogP contribution is 2.41. The molecule has 5 nitrogen and oxygen atoms in total. The second-order valence-electron chi connectivity index (χ2n) is 9.84. The maximum absolute atomic E-state index is 12.9. The van der Waals surface area contributed by atoms with E-state index >= 15 is 0 Å². The number of carbonyl (C=O) groups excluding carboxylic acids is 2. The summed E-state index contributed by atoms with van der Waals surface area (Å²) in [5, 5.41) is 0. The summed E-state index contributed by atoms with van der Waals surface area (Å²) in [4.78, 5) is 27.6. The van der Waals surface area contributed by atoms with Crippen LogP contribution < -0.4 is 9.47 Å². The SMILES string of the molecule is Cc1cc(C)c2c(c1)OC1(CCN(C(=O)/C=C/c3ccc(OCc4ccccc4)cc3)CC1)CC2=O. The molecule has 1 amide bonds. The lowest BCUT2D eigenvalue weighted by Crippen LogP contribution is -2.52. The Kier molecular flexibility index (Phi) is 6.64. The second kappa shape index (κ2) is 10.0. The van der Waals surface area contributed by atoms with Gasteiger partial charge in [-0.05, 0) is 60.4 Å². The van der Waals surface area contributed by atoms with Crippen molar-refractivity contribution in [2.24, 2.45) is 0 Å². The van der Waals surface area contributed by atoms with E-state index in [2.05, 4.69) is 0 Å². The number of ether oxygens (including phenoxy) is 2. The standard InChI is InChI=1S/C31H31NO4/c1-22-18-23(2)30-27(33)20-31(36-28(30)19-22)14-16-32(17-15-31)29(34)13-10-24-8-11-26(12-9-24)35-21-25-6-4-3-5-7-25/h3-13,18-19H,14-17,20-21H2,1-2H3/b13-10+. The van der Waals surface area contributed by atoms with E-state index in [1.165, 1.54) is 0 Å². The number of amides is 1. The first kappa shape index (κ1) is 23.9. The van der Waals surface area contributed by atoms with Crippen LogP contribution in [0.25, 0.3) is 6.08 Å². The van der Waals surface area contributed by atoms with Crippen molar-refractivity contribution in [3.63, 3.8) is 0 Å². The molecule has 0 atom stereocenters. The maximum Gasteiger partial charge on any atom is 0.246 e. The Balaban J connectivity index is 1.15. The van der Waals surface area contributed by atoms with Gasteiger partial charge in [0.2, 0.25) is 5.91 Å². The fourth-order valence-corrected chi connectivity index (χ4v) is 5.12. The van der Waals surface area contributed by atoms with Crippen molar-refractivity contribution in [3.8, 4) is 11.5 Å². The van der Waals surface area contributed by atoms with E-state index in [4.69, 9.17) is 9.47 Å². The Morgan fingerprint density at radius 2 is 1.75 bits per heavy atom. The van der Waals surface area contributed by atoms with Gasteiger partial charge in [0.25, 0.3) is 0 Å². The Labute approximate surface area is 212 Å². The van der Waals surface area contributed by atoms with Gasteiger partial charge in [0, 0.05) is 32.0 Å². The average molecular weight is 482 g/mol. The summed E-state index contributed by atoms with van der Waals surface area (Å²) < 4.78 is 12.3. The molecule has 0 aromatic heterocycles. The number of Topliss-reactive ketones (excluding diaryl/α,β-unsaturated/α-hetero) is 1. The molecule has 0 saturated carbocycles. The molecule has 0 radical (unpaired) electrons. The van der Waals surface area contributed by atoms with Crippen LogP contribution >= 0.6 is 0 Å². The molecule has 2 aliphatic heterocycles. The molecule has 0 bridgehead atoms. The number of hydrogen-bond donors (Lipinski definition) is 0. The van der Waals surface area contributed by atoms with Gasteiger partial charge in [0.05, 0.1) is 12.0 Å². The Hall–Kier alpha value is -3.86. The molecule has 1 spiro atoms.